The highest BCUT2D eigenvalue weighted by molar-refractivity contribution is 9.12. The number of benzene rings is 1. The summed E-state index contributed by atoms with van der Waals surface area (Å²) < 4.78 is 0.796. The molecule has 4 rings (SSSR count). The number of nitrogens with zero attached hydrogens (tertiary/aromatic N) is 1. The predicted molar refractivity (Wildman–Crippen MR) is 77.8 cm³/mol. The largest absolute Gasteiger partial charge is 0.293 e. The van der Waals surface area contributed by atoms with E-state index < -0.39 is 0 Å². The Hall–Kier alpha value is -1.42. The van der Waals surface area contributed by atoms with Gasteiger partial charge in [-0.2, -0.15) is 5.10 Å². The number of fused-ring (bicyclic) bond motifs is 2. The molecule has 0 saturated heterocycles. The molecule has 0 amide bonds. The minimum Gasteiger partial charge on any atom is -0.293 e. The maximum Gasteiger partial charge on any atom is 0.173 e. The van der Waals surface area contributed by atoms with Crippen LogP contribution in [0.15, 0.2) is 28.9 Å². The molecule has 1 aromatic heterocycles. The van der Waals surface area contributed by atoms with E-state index in [0.29, 0.717) is 11.7 Å². The lowest BCUT2D eigenvalue weighted by atomic mass is 9.90. The number of rotatable bonds is 1. The van der Waals surface area contributed by atoms with Crippen molar-refractivity contribution in [2.75, 3.05) is 0 Å². The second kappa shape index (κ2) is 4.04. The van der Waals surface area contributed by atoms with Crippen molar-refractivity contribution in [2.24, 2.45) is 11.8 Å². The number of carbonyl (C=O) groups excluding carboxylic acids is 1. The molecular formula is C15H13BrN2O. The number of halogens is 1. The summed E-state index contributed by atoms with van der Waals surface area (Å²) in [5.74, 6) is 0.917. The molecule has 4 heteroatoms. The summed E-state index contributed by atoms with van der Waals surface area (Å²) in [5, 5.41) is 8.11. The van der Waals surface area contributed by atoms with Crippen molar-refractivity contribution in [1.29, 1.82) is 0 Å². The number of nitrogens with one attached hydrogen (secondary N) is 1. The molecule has 3 nitrogen and oxygen atoms in total. The van der Waals surface area contributed by atoms with Crippen LogP contribution in [0.5, 0.6) is 0 Å². The van der Waals surface area contributed by atoms with Gasteiger partial charge < -0.3 is 0 Å². The van der Waals surface area contributed by atoms with Gasteiger partial charge in [0, 0.05) is 11.3 Å². The number of carbonyl (C=O) groups is 1. The zero-order valence-corrected chi connectivity index (χ0v) is 11.9. The van der Waals surface area contributed by atoms with Crippen LogP contribution in [0.4, 0.5) is 0 Å². The van der Waals surface area contributed by atoms with E-state index in [1.807, 2.05) is 12.3 Å². The Morgan fingerprint density at radius 1 is 1.26 bits per heavy atom. The van der Waals surface area contributed by atoms with Gasteiger partial charge in [0.25, 0.3) is 0 Å². The summed E-state index contributed by atoms with van der Waals surface area (Å²) in [5.41, 5.74) is 3.40. The Bertz CT molecular complexity index is 716. The lowest BCUT2D eigenvalue weighted by Gasteiger charge is -2.13. The fourth-order valence-electron chi connectivity index (χ4n) is 3.53. The molecule has 2 aliphatic carbocycles. The summed E-state index contributed by atoms with van der Waals surface area (Å²) in [6.45, 7) is 0. The average molecular weight is 317 g/mol. The van der Waals surface area contributed by atoms with Gasteiger partial charge in [-0.05, 0) is 58.0 Å². The van der Waals surface area contributed by atoms with Gasteiger partial charge in [-0.25, -0.2) is 0 Å². The van der Waals surface area contributed by atoms with Crippen molar-refractivity contribution in [3.8, 4) is 0 Å². The highest BCUT2D eigenvalue weighted by Gasteiger charge is 2.43. The fourth-order valence-corrected chi connectivity index (χ4v) is 4.35. The first-order valence-corrected chi connectivity index (χ1v) is 7.42. The molecule has 19 heavy (non-hydrogen) atoms. The number of aromatic nitrogens is 2. The molecular weight excluding hydrogens is 304 g/mol. The van der Waals surface area contributed by atoms with E-state index in [2.05, 4.69) is 38.3 Å². The van der Waals surface area contributed by atoms with Gasteiger partial charge in [0.15, 0.2) is 5.78 Å². The van der Waals surface area contributed by atoms with Crippen molar-refractivity contribution in [2.45, 2.75) is 19.3 Å². The zero-order valence-electron chi connectivity index (χ0n) is 10.3. The molecule has 1 saturated carbocycles. The van der Waals surface area contributed by atoms with Crippen molar-refractivity contribution in [3.05, 3.63) is 34.4 Å². The minimum atomic E-state index is 0.212. The number of H-pyrrole nitrogens is 1. The normalized spacial score (nSPS) is 26.5. The smallest absolute Gasteiger partial charge is 0.173 e. The highest BCUT2D eigenvalue weighted by atomic mass is 79.9. The van der Waals surface area contributed by atoms with Crippen LogP contribution in [0, 0.1) is 11.8 Å². The van der Waals surface area contributed by atoms with Crippen molar-refractivity contribution in [3.63, 3.8) is 0 Å². The number of ketones is 1. The Labute approximate surface area is 119 Å². The molecule has 2 aromatic rings. The van der Waals surface area contributed by atoms with E-state index in [1.54, 1.807) is 0 Å². The van der Waals surface area contributed by atoms with Crippen molar-refractivity contribution >= 4 is 38.2 Å². The number of hydrogen-bond donors (Lipinski definition) is 1. The van der Waals surface area contributed by atoms with Gasteiger partial charge in [-0.1, -0.05) is 12.5 Å². The molecule has 0 spiro atoms. The zero-order chi connectivity index (χ0) is 13.0. The van der Waals surface area contributed by atoms with Crippen molar-refractivity contribution in [1.82, 2.24) is 10.2 Å². The molecule has 96 valence electrons. The Morgan fingerprint density at radius 2 is 2.11 bits per heavy atom. The van der Waals surface area contributed by atoms with E-state index in [-0.39, 0.29) is 5.92 Å². The van der Waals surface area contributed by atoms with Gasteiger partial charge in [0.1, 0.15) is 0 Å². The minimum absolute atomic E-state index is 0.212. The standard InChI is InChI=1S/C15H13BrN2O/c16-14-13(10-2-1-3-11(10)15(14)19)8-4-5-12-9(6-8)7-17-18-12/h4-7,10-11H,1-3H2,(H,17,18). The Balaban J connectivity index is 1.88. The van der Waals surface area contributed by atoms with Crippen LogP contribution >= 0.6 is 15.9 Å². The molecule has 2 atom stereocenters. The summed E-state index contributed by atoms with van der Waals surface area (Å²) in [4.78, 5) is 12.3. The quantitative estimate of drug-likeness (QED) is 0.872. The topological polar surface area (TPSA) is 45.8 Å². The second-order valence-electron chi connectivity index (χ2n) is 5.41. The lowest BCUT2D eigenvalue weighted by molar-refractivity contribution is -0.118. The molecule has 1 N–H and O–H groups in total. The average Bonchev–Trinajstić information content (AvgIpc) is 3.09. The molecule has 1 aromatic carbocycles. The fraction of sp³-hybridized carbons (Fsp3) is 0.333. The summed E-state index contributed by atoms with van der Waals surface area (Å²) in [6, 6.07) is 6.26. The third kappa shape index (κ3) is 1.56. The Morgan fingerprint density at radius 3 is 3.00 bits per heavy atom. The maximum atomic E-state index is 12.3. The number of aromatic amines is 1. The second-order valence-corrected chi connectivity index (χ2v) is 6.20. The molecule has 2 aliphatic rings. The van der Waals surface area contributed by atoms with E-state index >= 15 is 0 Å². The van der Waals surface area contributed by atoms with E-state index in [4.69, 9.17) is 0 Å². The van der Waals surface area contributed by atoms with Gasteiger partial charge in [-0.15, -0.1) is 0 Å². The molecule has 0 bridgehead atoms. The molecule has 0 radical (unpaired) electrons. The van der Waals surface area contributed by atoms with Gasteiger partial charge in [0.2, 0.25) is 0 Å². The maximum absolute atomic E-state index is 12.3. The Kier molecular flexibility index (Phi) is 2.42. The van der Waals surface area contributed by atoms with Crippen LogP contribution in [0.3, 0.4) is 0 Å². The summed E-state index contributed by atoms with van der Waals surface area (Å²) >= 11 is 3.52. The molecule has 0 aliphatic heterocycles. The van der Waals surface area contributed by atoms with Crippen LogP contribution < -0.4 is 0 Å². The molecule has 1 heterocycles. The highest BCUT2D eigenvalue weighted by Crippen LogP contribution is 2.51. The van der Waals surface area contributed by atoms with Gasteiger partial charge >= 0.3 is 0 Å². The van der Waals surface area contributed by atoms with Gasteiger partial charge in [-0.3, -0.25) is 9.89 Å². The third-order valence-electron chi connectivity index (χ3n) is 4.43. The molecule has 1 fully saturated rings. The first-order chi connectivity index (χ1) is 9.25. The number of Topliss-reactive ketones (excluding diaryl/α,β-unsaturated/α-hetero) is 1. The summed E-state index contributed by atoms with van der Waals surface area (Å²) in [6.07, 6.45) is 5.16. The van der Waals surface area contributed by atoms with Crippen LogP contribution in [0.1, 0.15) is 24.8 Å². The van der Waals surface area contributed by atoms with Crippen LogP contribution in [0.25, 0.3) is 16.5 Å². The third-order valence-corrected chi connectivity index (χ3v) is 5.25. The molecule has 2 unspecified atom stereocenters. The summed E-state index contributed by atoms with van der Waals surface area (Å²) in [7, 11) is 0. The first-order valence-electron chi connectivity index (χ1n) is 6.63. The van der Waals surface area contributed by atoms with Crippen LogP contribution in [-0.2, 0) is 4.79 Å². The first kappa shape index (κ1) is 11.4. The van der Waals surface area contributed by atoms with Crippen molar-refractivity contribution < 1.29 is 4.79 Å². The SMILES string of the molecule is O=C1C(Br)=C(c2ccc3[nH]ncc3c2)C2CCCC12. The lowest BCUT2D eigenvalue weighted by Crippen LogP contribution is -2.10. The predicted octanol–water partition coefficient (Wildman–Crippen LogP) is 3.67. The number of allylic oxidation sites excluding steroid dienone is 2. The van der Waals surface area contributed by atoms with Crippen LogP contribution in [0.2, 0.25) is 0 Å². The van der Waals surface area contributed by atoms with Gasteiger partial charge in [0.05, 0.1) is 16.2 Å². The van der Waals surface area contributed by atoms with E-state index in [9.17, 15) is 4.79 Å². The monoisotopic (exact) mass is 316 g/mol. The van der Waals surface area contributed by atoms with Crippen LogP contribution in [-0.4, -0.2) is 16.0 Å². The number of hydrogen-bond acceptors (Lipinski definition) is 2. The van der Waals surface area contributed by atoms with E-state index in [1.165, 1.54) is 12.0 Å². The van der Waals surface area contributed by atoms with E-state index in [0.717, 1.165) is 33.8 Å².